The van der Waals surface area contributed by atoms with Crippen molar-refractivity contribution in [2.24, 2.45) is 11.3 Å². The summed E-state index contributed by atoms with van der Waals surface area (Å²) in [6.07, 6.45) is 5.12. The van der Waals surface area contributed by atoms with E-state index < -0.39 is 0 Å². The van der Waals surface area contributed by atoms with Gasteiger partial charge in [-0.25, -0.2) is 0 Å². The summed E-state index contributed by atoms with van der Waals surface area (Å²) >= 11 is 0. The molecule has 1 unspecified atom stereocenters. The number of nitrogens with zero attached hydrogens (tertiary/aromatic N) is 1. The van der Waals surface area contributed by atoms with Crippen LogP contribution in [0.4, 0.5) is 0 Å². The van der Waals surface area contributed by atoms with Gasteiger partial charge in [-0.2, -0.15) is 0 Å². The van der Waals surface area contributed by atoms with Crippen LogP contribution in [0.25, 0.3) is 0 Å². The van der Waals surface area contributed by atoms with E-state index in [0.717, 1.165) is 32.2 Å². The first kappa shape index (κ1) is 15.2. The second kappa shape index (κ2) is 7.58. The van der Waals surface area contributed by atoms with Crippen molar-refractivity contribution in [1.29, 1.82) is 0 Å². The van der Waals surface area contributed by atoms with Gasteiger partial charge in [0.15, 0.2) is 0 Å². The first-order valence-electron chi connectivity index (χ1n) is 7.69. The van der Waals surface area contributed by atoms with Gasteiger partial charge in [-0.15, -0.1) is 0 Å². The quantitative estimate of drug-likeness (QED) is 0.790. The summed E-state index contributed by atoms with van der Waals surface area (Å²) in [4.78, 5) is 2.65. The smallest absolute Gasteiger partial charge is 0.0531 e. The molecule has 2 aliphatic rings. The predicted molar refractivity (Wildman–Crippen MR) is 77.5 cm³/mol. The molecule has 0 aliphatic carbocycles. The van der Waals surface area contributed by atoms with E-state index in [4.69, 9.17) is 9.47 Å². The third kappa shape index (κ3) is 4.42. The number of ether oxygens (including phenoxy) is 2. The average molecular weight is 270 g/mol. The summed E-state index contributed by atoms with van der Waals surface area (Å²) in [6.45, 7) is 7.74. The van der Waals surface area contributed by atoms with Crippen molar-refractivity contribution in [2.45, 2.75) is 25.7 Å². The Hall–Kier alpha value is -0.160. The SMILES string of the molecule is COCC1CCCN(CC2(COC)CCNCC2)C1. The molecule has 2 heterocycles. The number of nitrogens with one attached hydrogen (secondary N) is 1. The third-order valence-electron chi connectivity index (χ3n) is 4.68. The normalized spacial score (nSPS) is 28.4. The minimum atomic E-state index is 0.370. The summed E-state index contributed by atoms with van der Waals surface area (Å²) in [7, 11) is 3.66. The van der Waals surface area contributed by atoms with E-state index >= 15 is 0 Å². The topological polar surface area (TPSA) is 33.7 Å². The van der Waals surface area contributed by atoms with Crippen LogP contribution in [0.2, 0.25) is 0 Å². The lowest BCUT2D eigenvalue weighted by atomic mass is 9.78. The van der Waals surface area contributed by atoms with Gasteiger partial charge in [0.05, 0.1) is 13.2 Å². The van der Waals surface area contributed by atoms with Crippen LogP contribution in [-0.4, -0.2) is 65.1 Å². The van der Waals surface area contributed by atoms with Gasteiger partial charge >= 0.3 is 0 Å². The third-order valence-corrected chi connectivity index (χ3v) is 4.68. The van der Waals surface area contributed by atoms with E-state index in [1.165, 1.54) is 45.3 Å². The molecule has 0 saturated carbocycles. The summed E-state index contributed by atoms with van der Waals surface area (Å²) < 4.78 is 10.9. The van der Waals surface area contributed by atoms with Crippen LogP contribution in [0.1, 0.15) is 25.7 Å². The molecule has 0 aromatic rings. The Kier molecular flexibility index (Phi) is 6.07. The molecule has 2 rings (SSSR count). The molecule has 4 heteroatoms. The van der Waals surface area contributed by atoms with Crippen molar-refractivity contribution in [1.82, 2.24) is 10.2 Å². The first-order chi connectivity index (χ1) is 9.28. The van der Waals surface area contributed by atoms with Crippen molar-refractivity contribution in [3.05, 3.63) is 0 Å². The maximum atomic E-state index is 5.52. The van der Waals surface area contributed by atoms with Crippen LogP contribution in [-0.2, 0) is 9.47 Å². The minimum absolute atomic E-state index is 0.370. The zero-order valence-corrected chi connectivity index (χ0v) is 12.6. The van der Waals surface area contributed by atoms with Gasteiger partial charge in [-0.05, 0) is 51.2 Å². The van der Waals surface area contributed by atoms with Crippen molar-refractivity contribution in [3.63, 3.8) is 0 Å². The molecule has 0 spiro atoms. The van der Waals surface area contributed by atoms with Crippen molar-refractivity contribution >= 4 is 0 Å². The zero-order chi connectivity index (χ0) is 13.6. The van der Waals surface area contributed by atoms with E-state index in [0.29, 0.717) is 5.41 Å². The van der Waals surface area contributed by atoms with E-state index in [-0.39, 0.29) is 0 Å². The van der Waals surface area contributed by atoms with Crippen LogP contribution in [0.15, 0.2) is 0 Å². The largest absolute Gasteiger partial charge is 0.384 e. The highest BCUT2D eigenvalue weighted by atomic mass is 16.5. The Morgan fingerprint density at radius 1 is 1.21 bits per heavy atom. The Morgan fingerprint density at radius 2 is 2.00 bits per heavy atom. The maximum Gasteiger partial charge on any atom is 0.0531 e. The minimum Gasteiger partial charge on any atom is -0.384 e. The molecule has 1 atom stereocenters. The van der Waals surface area contributed by atoms with Crippen LogP contribution in [0.5, 0.6) is 0 Å². The molecule has 0 aromatic carbocycles. The molecular weight excluding hydrogens is 240 g/mol. The summed E-state index contributed by atoms with van der Waals surface area (Å²) in [5.41, 5.74) is 0.370. The highest BCUT2D eigenvalue weighted by Gasteiger charge is 2.35. The van der Waals surface area contributed by atoms with Crippen molar-refractivity contribution in [2.75, 3.05) is 60.2 Å². The van der Waals surface area contributed by atoms with Gasteiger partial charge in [0.1, 0.15) is 0 Å². The first-order valence-corrected chi connectivity index (χ1v) is 7.69. The van der Waals surface area contributed by atoms with E-state index in [9.17, 15) is 0 Å². The van der Waals surface area contributed by atoms with E-state index in [1.54, 1.807) is 0 Å². The summed E-state index contributed by atoms with van der Waals surface area (Å²) in [6, 6.07) is 0. The molecule has 2 aliphatic heterocycles. The number of methoxy groups -OCH3 is 2. The molecule has 0 radical (unpaired) electrons. The monoisotopic (exact) mass is 270 g/mol. The number of hydrogen-bond donors (Lipinski definition) is 1. The number of rotatable bonds is 6. The molecule has 112 valence electrons. The van der Waals surface area contributed by atoms with Gasteiger partial charge in [-0.1, -0.05) is 0 Å². The molecule has 0 aromatic heterocycles. The van der Waals surface area contributed by atoms with Gasteiger partial charge in [-0.3, -0.25) is 0 Å². The average Bonchev–Trinajstić information content (AvgIpc) is 2.41. The lowest BCUT2D eigenvalue weighted by Crippen LogP contribution is -2.49. The highest BCUT2D eigenvalue weighted by Crippen LogP contribution is 2.31. The van der Waals surface area contributed by atoms with Crippen LogP contribution >= 0.6 is 0 Å². The standard InChI is InChI=1S/C15H30N2O2/c1-18-11-14-4-3-9-17(10-14)12-15(13-19-2)5-7-16-8-6-15/h14,16H,3-13H2,1-2H3. The molecule has 1 N–H and O–H groups in total. The molecule has 2 saturated heterocycles. The second-order valence-electron chi connectivity index (χ2n) is 6.38. The number of piperidine rings is 2. The Balaban J connectivity index is 1.88. The van der Waals surface area contributed by atoms with Gasteiger partial charge in [0, 0.05) is 32.7 Å². The molecule has 2 fully saturated rings. The molecule has 0 bridgehead atoms. The van der Waals surface area contributed by atoms with Crippen LogP contribution in [0, 0.1) is 11.3 Å². The molecule has 0 amide bonds. The second-order valence-corrected chi connectivity index (χ2v) is 6.38. The summed E-state index contributed by atoms with van der Waals surface area (Å²) in [5.74, 6) is 0.722. The van der Waals surface area contributed by atoms with Gasteiger partial charge in [0.25, 0.3) is 0 Å². The Morgan fingerprint density at radius 3 is 2.68 bits per heavy atom. The molecule has 19 heavy (non-hydrogen) atoms. The number of likely N-dealkylation sites (tertiary alicyclic amines) is 1. The van der Waals surface area contributed by atoms with Crippen LogP contribution < -0.4 is 5.32 Å². The fourth-order valence-corrected chi connectivity index (χ4v) is 3.75. The van der Waals surface area contributed by atoms with E-state index in [1.807, 2.05) is 14.2 Å². The Labute approximate surface area is 117 Å². The molecule has 4 nitrogen and oxygen atoms in total. The lowest BCUT2D eigenvalue weighted by molar-refractivity contribution is 0.00389. The van der Waals surface area contributed by atoms with Crippen molar-refractivity contribution in [3.8, 4) is 0 Å². The van der Waals surface area contributed by atoms with Crippen LogP contribution in [0.3, 0.4) is 0 Å². The van der Waals surface area contributed by atoms with E-state index in [2.05, 4.69) is 10.2 Å². The fourth-order valence-electron chi connectivity index (χ4n) is 3.75. The zero-order valence-electron chi connectivity index (χ0n) is 12.6. The van der Waals surface area contributed by atoms with Crippen molar-refractivity contribution < 1.29 is 9.47 Å². The van der Waals surface area contributed by atoms with Gasteiger partial charge in [0.2, 0.25) is 0 Å². The Bertz CT molecular complexity index is 247. The maximum absolute atomic E-state index is 5.52. The number of hydrogen-bond acceptors (Lipinski definition) is 4. The summed E-state index contributed by atoms with van der Waals surface area (Å²) in [5, 5.41) is 3.47. The predicted octanol–water partition coefficient (Wildman–Crippen LogP) is 1.36. The van der Waals surface area contributed by atoms with Gasteiger partial charge < -0.3 is 19.7 Å². The molecular formula is C15H30N2O2. The fraction of sp³-hybridized carbons (Fsp3) is 1.00. The lowest BCUT2D eigenvalue weighted by Gasteiger charge is -2.43. The highest BCUT2D eigenvalue weighted by molar-refractivity contribution is 4.89.